The lowest BCUT2D eigenvalue weighted by atomic mass is 10.2. The number of nitrogens with zero attached hydrogens (tertiary/aromatic N) is 3. The van der Waals surface area contributed by atoms with Gasteiger partial charge in [-0.3, -0.25) is 5.43 Å². The van der Waals surface area contributed by atoms with E-state index in [-0.39, 0.29) is 32.3 Å². The van der Waals surface area contributed by atoms with Gasteiger partial charge in [-0.1, -0.05) is 34.8 Å². The van der Waals surface area contributed by atoms with Crippen molar-refractivity contribution in [1.82, 2.24) is 4.98 Å². The summed E-state index contributed by atoms with van der Waals surface area (Å²) in [5.74, 6) is 0.449. The number of hydrogen-bond donors (Lipinski definition) is 2. The van der Waals surface area contributed by atoms with Crippen LogP contribution < -0.4 is 10.2 Å². The van der Waals surface area contributed by atoms with E-state index in [0.717, 1.165) is 0 Å². The minimum Gasteiger partial charge on any atom is -0.504 e. The van der Waals surface area contributed by atoms with Crippen LogP contribution in [0.25, 0.3) is 0 Å². The Morgan fingerprint density at radius 1 is 1.35 bits per heavy atom. The van der Waals surface area contributed by atoms with Crippen LogP contribution in [0.15, 0.2) is 23.3 Å². The summed E-state index contributed by atoms with van der Waals surface area (Å²) in [6.07, 6.45) is 1.46. The van der Waals surface area contributed by atoms with Crippen LogP contribution in [-0.2, 0) is 0 Å². The van der Waals surface area contributed by atoms with Gasteiger partial charge in [0.25, 0.3) is 0 Å². The Morgan fingerprint density at radius 3 is 2.74 bits per heavy atom. The van der Waals surface area contributed by atoms with Gasteiger partial charge in [0, 0.05) is 0 Å². The monoisotopic (exact) mass is 370 g/mol. The highest BCUT2D eigenvalue weighted by atomic mass is 35.5. The molecule has 23 heavy (non-hydrogen) atoms. The highest BCUT2D eigenvalue weighted by Crippen LogP contribution is 2.34. The van der Waals surface area contributed by atoms with Crippen LogP contribution in [-0.4, -0.2) is 23.4 Å². The summed E-state index contributed by atoms with van der Waals surface area (Å²) < 4.78 is 5.00. The maximum atomic E-state index is 9.52. The van der Waals surface area contributed by atoms with Gasteiger partial charge >= 0.3 is 0 Å². The Morgan fingerprint density at radius 2 is 2.09 bits per heavy atom. The molecule has 2 aromatic rings. The van der Waals surface area contributed by atoms with Crippen molar-refractivity contribution in [2.75, 3.05) is 12.5 Å². The molecule has 1 aromatic heterocycles. The van der Waals surface area contributed by atoms with E-state index in [1.165, 1.54) is 19.4 Å². The second-order valence-electron chi connectivity index (χ2n) is 4.17. The van der Waals surface area contributed by atoms with Gasteiger partial charge in [0.2, 0.25) is 0 Å². The summed E-state index contributed by atoms with van der Waals surface area (Å²) in [6.45, 7) is 0. The summed E-state index contributed by atoms with van der Waals surface area (Å²) in [5.41, 5.74) is 3.25. The Hall–Kier alpha value is -2.20. The van der Waals surface area contributed by atoms with Crippen LogP contribution in [0.5, 0.6) is 11.5 Å². The van der Waals surface area contributed by atoms with Gasteiger partial charge in [-0.2, -0.15) is 10.4 Å². The van der Waals surface area contributed by atoms with Crippen molar-refractivity contribution in [2.45, 2.75) is 0 Å². The molecule has 9 heteroatoms. The maximum absolute atomic E-state index is 9.52. The standard InChI is InChI=1S/C14H9Cl3N4O2/c1-23-10-4-7(2-3-9(10)22)6-19-21-14-12(16)11(15)8(5-18)13(17)20-14/h2-4,6,22H,1H3,(H,20,21)/b19-6-. The highest BCUT2D eigenvalue weighted by molar-refractivity contribution is 6.45. The number of anilines is 1. The van der Waals surface area contributed by atoms with Gasteiger partial charge in [-0.25, -0.2) is 4.98 Å². The third kappa shape index (κ3) is 3.77. The van der Waals surface area contributed by atoms with Crippen LogP contribution in [0.1, 0.15) is 11.1 Å². The van der Waals surface area contributed by atoms with E-state index in [1.807, 2.05) is 6.07 Å². The third-order valence-electron chi connectivity index (χ3n) is 2.74. The Balaban J connectivity index is 2.23. The van der Waals surface area contributed by atoms with Gasteiger partial charge in [-0.05, 0) is 23.8 Å². The molecule has 0 aliphatic heterocycles. The summed E-state index contributed by atoms with van der Waals surface area (Å²) in [6, 6.07) is 6.52. The van der Waals surface area contributed by atoms with Crippen molar-refractivity contribution in [1.29, 1.82) is 5.26 Å². The van der Waals surface area contributed by atoms with Crippen molar-refractivity contribution in [3.05, 3.63) is 44.5 Å². The van der Waals surface area contributed by atoms with E-state index in [2.05, 4.69) is 15.5 Å². The van der Waals surface area contributed by atoms with E-state index >= 15 is 0 Å². The molecule has 0 fully saturated rings. The number of benzene rings is 1. The number of hydrogen-bond acceptors (Lipinski definition) is 6. The predicted molar refractivity (Wildman–Crippen MR) is 89.9 cm³/mol. The molecule has 0 bridgehead atoms. The van der Waals surface area contributed by atoms with Crippen molar-refractivity contribution in [3.63, 3.8) is 0 Å². The first kappa shape index (κ1) is 17.2. The lowest BCUT2D eigenvalue weighted by Gasteiger charge is -2.07. The molecule has 0 saturated carbocycles. The molecule has 0 unspecified atom stereocenters. The van der Waals surface area contributed by atoms with E-state index in [4.69, 9.17) is 44.8 Å². The number of aromatic hydroxyl groups is 1. The van der Waals surface area contributed by atoms with Gasteiger partial charge < -0.3 is 9.84 Å². The number of halogens is 3. The average molecular weight is 372 g/mol. The van der Waals surface area contributed by atoms with Crippen LogP contribution in [0.4, 0.5) is 5.82 Å². The quantitative estimate of drug-likeness (QED) is 0.480. The molecule has 2 rings (SSSR count). The molecule has 0 spiro atoms. The van der Waals surface area contributed by atoms with E-state index in [0.29, 0.717) is 11.3 Å². The SMILES string of the molecule is COc1cc(/C=N\Nc2nc(Cl)c(C#N)c(Cl)c2Cl)ccc1O. The first-order valence-corrected chi connectivity index (χ1v) is 7.22. The number of phenolic OH excluding ortho intramolecular Hbond substituents is 1. The molecule has 0 aliphatic rings. The maximum Gasteiger partial charge on any atom is 0.168 e. The second kappa shape index (κ2) is 7.38. The number of methoxy groups -OCH3 is 1. The normalized spacial score (nSPS) is 10.6. The Bertz CT molecular complexity index is 819. The van der Waals surface area contributed by atoms with Gasteiger partial charge in [0.05, 0.1) is 18.3 Å². The van der Waals surface area contributed by atoms with Crippen LogP contribution in [0.2, 0.25) is 15.2 Å². The molecule has 0 aliphatic carbocycles. The molecular weight excluding hydrogens is 363 g/mol. The summed E-state index contributed by atoms with van der Waals surface area (Å²) >= 11 is 17.8. The number of nitrogens with one attached hydrogen (secondary N) is 1. The lowest BCUT2D eigenvalue weighted by Crippen LogP contribution is -1.98. The molecule has 0 atom stereocenters. The molecule has 1 heterocycles. The first-order valence-electron chi connectivity index (χ1n) is 6.08. The smallest absolute Gasteiger partial charge is 0.168 e. The average Bonchev–Trinajstić information content (AvgIpc) is 2.54. The fourth-order valence-electron chi connectivity index (χ4n) is 1.62. The van der Waals surface area contributed by atoms with Crippen LogP contribution in [0.3, 0.4) is 0 Å². The Kier molecular flexibility index (Phi) is 5.50. The number of pyridine rings is 1. The number of nitriles is 1. The number of aromatic nitrogens is 1. The molecule has 2 N–H and O–H groups in total. The fraction of sp³-hybridized carbons (Fsp3) is 0.0714. The zero-order chi connectivity index (χ0) is 17.0. The zero-order valence-electron chi connectivity index (χ0n) is 11.6. The van der Waals surface area contributed by atoms with Crippen molar-refractivity contribution in [3.8, 4) is 17.6 Å². The van der Waals surface area contributed by atoms with Gasteiger partial charge in [0.1, 0.15) is 16.7 Å². The van der Waals surface area contributed by atoms with E-state index in [1.54, 1.807) is 12.1 Å². The molecule has 6 nitrogen and oxygen atoms in total. The molecular formula is C14H9Cl3N4O2. The molecule has 0 saturated heterocycles. The number of rotatable bonds is 4. The lowest BCUT2D eigenvalue weighted by molar-refractivity contribution is 0.373. The van der Waals surface area contributed by atoms with Crippen molar-refractivity contribution in [2.24, 2.45) is 5.10 Å². The predicted octanol–water partition coefficient (Wildman–Crippen LogP) is 4.07. The zero-order valence-corrected chi connectivity index (χ0v) is 13.9. The van der Waals surface area contributed by atoms with Crippen LogP contribution in [0, 0.1) is 11.3 Å². The van der Waals surface area contributed by atoms with Crippen LogP contribution >= 0.6 is 34.8 Å². The summed E-state index contributed by atoms with van der Waals surface area (Å²) in [5, 5.41) is 22.3. The molecule has 118 valence electrons. The minimum absolute atomic E-state index is 0.00170. The van der Waals surface area contributed by atoms with E-state index < -0.39 is 0 Å². The fourth-order valence-corrected chi connectivity index (χ4v) is 2.29. The second-order valence-corrected chi connectivity index (χ2v) is 5.28. The molecule has 1 aromatic carbocycles. The Labute approximate surface area is 146 Å². The molecule has 0 amide bonds. The largest absolute Gasteiger partial charge is 0.504 e. The molecule has 0 radical (unpaired) electrons. The highest BCUT2D eigenvalue weighted by Gasteiger charge is 2.15. The van der Waals surface area contributed by atoms with E-state index in [9.17, 15) is 5.11 Å². The van der Waals surface area contributed by atoms with Crippen molar-refractivity contribution >= 4 is 46.8 Å². The number of ether oxygens (including phenoxy) is 1. The van der Waals surface area contributed by atoms with Gasteiger partial charge in [-0.15, -0.1) is 0 Å². The number of phenols is 1. The number of hydrazone groups is 1. The van der Waals surface area contributed by atoms with Gasteiger partial charge in [0.15, 0.2) is 22.5 Å². The minimum atomic E-state index is -0.0779. The van der Waals surface area contributed by atoms with Crippen molar-refractivity contribution < 1.29 is 9.84 Å². The summed E-state index contributed by atoms with van der Waals surface area (Å²) in [7, 11) is 1.44. The first-order chi connectivity index (χ1) is 11.0. The topological polar surface area (TPSA) is 90.5 Å². The summed E-state index contributed by atoms with van der Waals surface area (Å²) in [4.78, 5) is 3.92. The third-order valence-corrected chi connectivity index (χ3v) is 3.85.